The third-order valence-electron chi connectivity index (χ3n) is 3.06. The van der Waals surface area contributed by atoms with Gasteiger partial charge in [-0.25, -0.2) is 0 Å². The minimum absolute atomic E-state index is 0.0244. The summed E-state index contributed by atoms with van der Waals surface area (Å²) in [5, 5.41) is 21.6. The lowest BCUT2D eigenvalue weighted by molar-refractivity contribution is -0.384. The Morgan fingerprint density at radius 2 is 2.29 bits per heavy atom. The van der Waals surface area contributed by atoms with Crippen molar-refractivity contribution in [3.8, 4) is 0 Å². The number of aromatic nitrogens is 4. The maximum Gasteiger partial charge on any atom is 0.296 e. The number of anilines is 1. The van der Waals surface area contributed by atoms with Crippen LogP contribution in [0.1, 0.15) is 18.8 Å². The van der Waals surface area contributed by atoms with Crippen LogP contribution in [0.3, 0.4) is 0 Å². The number of nitrogens with zero attached hydrogens (tertiary/aromatic N) is 5. The van der Waals surface area contributed by atoms with Crippen LogP contribution in [0.2, 0.25) is 0 Å². The van der Waals surface area contributed by atoms with Crippen LogP contribution in [0.5, 0.6) is 0 Å². The number of nitro benzene ring substituents is 1. The molecule has 1 N–H and O–H groups in total. The van der Waals surface area contributed by atoms with Gasteiger partial charge in [0, 0.05) is 19.2 Å². The fourth-order valence-electron chi connectivity index (χ4n) is 2.03. The Morgan fingerprint density at radius 1 is 1.48 bits per heavy atom. The quantitative estimate of drug-likeness (QED) is 0.577. The van der Waals surface area contributed by atoms with Crippen LogP contribution < -0.4 is 5.32 Å². The van der Waals surface area contributed by atoms with Crippen molar-refractivity contribution in [2.75, 3.05) is 5.32 Å². The Hall–Kier alpha value is -2.97. The zero-order valence-electron chi connectivity index (χ0n) is 11.3. The van der Waals surface area contributed by atoms with E-state index in [1.807, 2.05) is 14.0 Å². The highest BCUT2D eigenvalue weighted by molar-refractivity contribution is 5.77. The third kappa shape index (κ3) is 2.40. The SMILES string of the molecule is CC(Nc1nc2cc([N+](=O)[O-])ccc2o1)c1nncn1C. The second-order valence-corrected chi connectivity index (χ2v) is 4.59. The minimum Gasteiger partial charge on any atom is -0.424 e. The molecule has 0 aliphatic carbocycles. The van der Waals surface area contributed by atoms with Crippen molar-refractivity contribution in [2.24, 2.45) is 7.05 Å². The number of oxazole rings is 1. The monoisotopic (exact) mass is 288 g/mol. The summed E-state index contributed by atoms with van der Waals surface area (Å²) in [6.45, 7) is 1.89. The van der Waals surface area contributed by atoms with Crippen LogP contribution in [0.4, 0.5) is 11.7 Å². The molecule has 0 spiro atoms. The number of fused-ring (bicyclic) bond motifs is 1. The normalized spacial score (nSPS) is 12.5. The molecule has 108 valence electrons. The molecule has 0 fully saturated rings. The Kier molecular flexibility index (Phi) is 3.01. The fourth-order valence-corrected chi connectivity index (χ4v) is 2.03. The summed E-state index contributed by atoms with van der Waals surface area (Å²) >= 11 is 0. The van der Waals surface area contributed by atoms with Gasteiger partial charge < -0.3 is 14.3 Å². The highest BCUT2D eigenvalue weighted by Gasteiger charge is 2.16. The van der Waals surface area contributed by atoms with Gasteiger partial charge in [0.1, 0.15) is 11.8 Å². The van der Waals surface area contributed by atoms with E-state index in [0.29, 0.717) is 11.1 Å². The van der Waals surface area contributed by atoms with Crippen molar-refractivity contribution in [3.63, 3.8) is 0 Å². The molecule has 0 saturated carbocycles. The first-order valence-corrected chi connectivity index (χ1v) is 6.20. The van der Waals surface area contributed by atoms with Gasteiger partial charge >= 0.3 is 0 Å². The molecule has 9 nitrogen and oxygen atoms in total. The van der Waals surface area contributed by atoms with Crippen molar-refractivity contribution in [2.45, 2.75) is 13.0 Å². The van der Waals surface area contributed by atoms with Gasteiger partial charge in [0.15, 0.2) is 11.4 Å². The van der Waals surface area contributed by atoms with Gasteiger partial charge in [0.25, 0.3) is 11.7 Å². The molecule has 0 saturated heterocycles. The lowest BCUT2D eigenvalue weighted by atomic mass is 10.3. The molecule has 1 aromatic carbocycles. The lowest BCUT2D eigenvalue weighted by Gasteiger charge is -2.10. The van der Waals surface area contributed by atoms with E-state index in [4.69, 9.17) is 4.42 Å². The van der Waals surface area contributed by atoms with Crippen LogP contribution in [0.25, 0.3) is 11.1 Å². The van der Waals surface area contributed by atoms with Crippen LogP contribution in [-0.4, -0.2) is 24.7 Å². The van der Waals surface area contributed by atoms with Crippen LogP contribution in [-0.2, 0) is 7.05 Å². The van der Waals surface area contributed by atoms with E-state index in [2.05, 4.69) is 20.5 Å². The third-order valence-corrected chi connectivity index (χ3v) is 3.06. The molecule has 3 rings (SSSR count). The van der Waals surface area contributed by atoms with Crippen LogP contribution >= 0.6 is 0 Å². The molecular formula is C12H12N6O3. The largest absolute Gasteiger partial charge is 0.424 e. The van der Waals surface area contributed by atoms with E-state index in [1.165, 1.54) is 18.2 Å². The molecule has 2 heterocycles. The predicted molar refractivity (Wildman–Crippen MR) is 73.7 cm³/mol. The summed E-state index contributed by atoms with van der Waals surface area (Å²) in [7, 11) is 1.84. The van der Waals surface area contributed by atoms with Gasteiger partial charge in [-0.2, -0.15) is 4.98 Å². The zero-order chi connectivity index (χ0) is 15.0. The lowest BCUT2D eigenvalue weighted by Crippen LogP contribution is -2.11. The zero-order valence-corrected chi connectivity index (χ0v) is 11.3. The Labute approximate surface area is 118 Å². The summed E-state index contributed by atoms with van der Waals surface area (Å²) in [5.74, 6) is 0.725. The van der Waals surface area contributed by atoms with Crippen molar-refractivity contribution >= 4 is 22.8 Å². The molecule has 0 radical (unpaired) electrons. The topological polar surface area (TPSA) is 112 Å². The summed E-state index contributed by atoms with van der Waals surface area (Å²) in [6.07, 6.45) is 1.60. The number of rotatable bonds is 4. The number of hydrogen-bond acceptors (Lipinski definition) is 7. The fraction of sp³-hybridized carbons (Fsp3) is 0.250. The summed E-state index contributed by atoms with van der Waals surface area (Å²) < 4.78 is 7.29. The number of non-ortho nitro benzene ring substituents is 1. The summed E-state index contributed by atoms with van der Waals surface area (Å²) in [5.41, 5.74) is 0.883. The number of benzene rings is 1. The van der Waals surface area contributed by atoms with Gasteiger partial charge in [-0.05, 0) is 13.0 Å². The van der Waals surface area contributed by atoms with Crippen LogP contribution in [0, 0.1) is 10.1 Å². The van der Waals surface area contributed by atoms with Gasteiger partial charge in [0.05, 0.1) is 11.0 Å². The van der Waals surface area contributed by atoms with E-state index < -0.39 is 4.92 Å². The number of nitrogens with one attached hydrogen (secondary N) is 1. The molecule has 0 bridgehead atoms. The second kappa shape index (κ2) is 4.85. The van der Waals surface area contributed by atoms with Gasteiger partial charge in [0.2, 0.25) is 0 Å². The minimum atomic E-state index is -0.469. The highest BCUT2D eigenvalue weighted by Crippen LogP contribution is 2.25. The summed E-state index contributed by atoms with van der Waals surface area (Å²) in [4.78, 5) is 14.5. The average Bonchev–Trinajstić information content (AvgIpc) is 3.02. The molecule has 0 aliphatic rings. The second-order valence-electron chi connectivity index (χ2n) is 4.59. The molecule has 0 aliphatic heterocycles. The molecule has 1 unspecified atom stereocenters. The van der Waals surface area contributed by atoms with Crippen LogP contribution in [0.15, 0.2) is 28.9 Å². The van der Waals surface area contributed by atoms with Crippen molar-refractivity contribution in [3.05, 3.63) is 40.5 Å². The van der Waals surface area contributed by atoms with Gasteiger partial charge in [-0.3, -0.25) is 10.1 Å². The van der Waals surface area contributed by atoms with Crippen molar-refractivity contribution in [1.29, 1.82) is 0 Å². The van der Waals surface area contributed by atoms with Gasteiger partial charge in [-0.15, -0.1) is 10.2 Å². The van der Waals surface area contributed by atoms with Gasteiger partial charge in [-0.1, -0.05) is 0 Å². The molecule has 1 atom stereocenters. The first-order valence-electron chi connectivity index (χ1n) is 6.20. The van der Waals surface area contributed by atoms with E-state index in [9.17, 15) is 10.1 Å². The first-order chi connectivity index (χ1) is 10.0. The summed E-state index contributed by atoms with van der Waals surface area (Å²) in [6, 6.07) is 4.39. The maximum atomic E-state index is 10.7. The van der Waals surface area contributed by atoms with Crippen molar-refractivity contribution in [1.82, 2.24) is 19.7 Å². The number of nitro groups is 1. The smallest absolute Gasteiger partial charge is 0.296 e. The molecule has 3 aromatic rings. The Balaban J connectivity index is 1.88. The molecule has 21 heavy (non-hydrogen) atoms. The Bertz CT molecular complexity index is 808. The van der Waals surface area contributed by atoms with Crippen molar-refractivity contribution < 1.29 is 9.34 Å². The number of hydrogen-bond donors (Lipinski definition) is 1. The van der Waals surface area contributed by atoms with E-state index in [-0.39, 0.29) is 17.7 Å². The molecular weight excluding hydrogens is 276 g/mol. The maximum absolute atomic E-state index is 10.7. The van der Waals surface area contributed by atoms with E-state index in [1.54, 1.807) is 10.9 Å². The number of aryl methyl sites for hydroxylation is 1. The molecule has 9 heteroatoms. The van der Waals surface area contributed by atoms with E-state index in [0.717, 1.165) is 5.82 Å². The first kappa shape index (κ1) is 13.0. The standard InChI is InChI=1S/C12H12N6O3/c1-7(11-16-13-6-17(11)2)14-12-15-9-5-8(18(19)20)3-4-10(9)21-12/h3-7H,1-2H3,(H,14,15). The molecule has 2 aromatic heterocycles. The average molecular weight is 288 g/mol. The Morgan fingerprint density at radius 3 is 2.95 bits per heavy atom. The molecule has 0 amide bonds. The van der Waals surface area contributed by atoms with E-state index >= 15 is 0 Å². The highest BCUT2D eigenvalue weighted by atomic mass is 16.6. The predicted octanol–water partition coefficient (Wildman–Crippen LogP) is 2.04.